The molecule has 0 unspecified atom stereocenters. The van der Waals surface area contributed by atoms with Crippen LogP contribution in [0.5, 0.6) is 5.75 Å². The van der Waals surface area contributed by atoms with Gasteiger partial charge in [-0.3, -0.25) is 10.1 Å². The number of ether oxygens (including phenoxy) is 1. The predicted molar refractivity (Wildman–Crippen MR) is 137 cm³/mol. The first kappa shape index (κ1) is 21.7. The molecule has 0 atom stereocenters. The van der Waals surface area contributed by atoms with Crippen molar-refractivity contribution in [3.63, 3.8) is 0 Å². The Bertz CT molecular complexity index is 1400. The van der Waals surface area contributed by atoms with Crippen molar-refractivity contribution in [2.45, 2.75) is 45.6 Å². The Labute approximate surface area is 205 Å². The Morgan fingerprint density at radius 2 is 1.97 bits per heavy atom. The van der Waals surface area contributed by atoms with Gasteiger partial charge in [0.15, 0.2) is 0 Å². The molecule has 6 heteroatoms. The van der Waals surface area contributed by atoms with Crippen LogP contribution in [0, 0.1) is 23.7 Å². The Hall–Kier alpha value is -3.85. The summed E-state index contributed by atoms with van der Waals surface area (Å²) in [6.45, 7) is 4.42. The number of hydrogen-bond donors (Lipinski definition) is 1. The third kappa shape index (κ3) is 3.91. The Morgan fingerprint density at radius 1 is 1.11 bits per heavy atom. The van der Waals surface area contributed by atoms with Gasteiger partial charge in [-0.05, 0) is 73.4 Å². The molecule has 2 aromatic heterocycles. The number of anilines is 1. The second-order valence-corrected chi connectivity index (χ2v) is 10.0. The van der Waals surface area contributed by atoms with Crippen LogP contribution in [0.1, 0.15) is 48.9 Å². The maximum atomic E-state index is 10.4. The van der Waals surface area contributed by atoms with Gasteiger partial charge in [0.05, 0.1) is 28.7 Å². The Kier molecular flexibility index (Phi) is 5.41. The van der Waals surface area contributed by atoms with Crippen LogP contribution in [0.3, 0.4) is 0 Å². The van der Waals surface area contributed by atoms with Crippen molar-refractivity contribution in [3.05, 3.63) is 71.7 Å². The second-order valence-electron chi connectivity index (χ2n) is 10.0. The van der Waals surface area contributed by atoms with Gasteiger partial charge in [0, 0.05) is 36.3 Å². The first-order valence-electron chi connectivity index (χ1n) is 12.4. The zero-order valence-corrected chi connectivity index (χ0v) is 20.1. The van der Waals surface area contributed by atoms with Crippen molar-refractivity contribution in [1.82, 2.24) is 15.2 Å². The fraction of sp³-hybridized carbons (Fsp3) is 0.345. The molecule has 0 amide bonds. The van der Waals surface area contributed by atoms with Crippen molar-refractivity contribution in [3.8, 4) is 22.9 Å². The molecular formula is C29H29N5O. The maximum Gasteiger partial charge on any atom is 0.130 e. The van der Waals surface area contributed by atoms with Gasteiger partial charge in [-0.1, -0.05) is 18.6 Å². The van der Waals surface area contributed by atoms with Gasteiger partial charge in [0.25, 0.3) is 0 Å². The molecule has 2 fully saturated rings. The average molecular weight is 464 g/mol. The molecule has 1 N–H and O–H groups in total. The number of nitrogens with one attached hydrogen (secondary N) is 1. The lowest BCUT2D eigenvalue weighted by Gasteiger charge is -2.48. The monoisotopic (exact) mass is 463 g/mol. The van der Waals surface area contributed by atoms with E-state index < -0.39 is 0 Å². The van der Waals surface area contributed by atoms with Crippen LogP contribution in [-0.4, -0.2) is 28.3 Å². The van der Waals surface area contributed by atoms with Gasteiger partial charge in [-0.25, -0.2) is 0 Å². The number of nitriles is 1. The molecule has 4 aromatic rings. The molecule has 3 heterocycles. The van der Waals surface area contributed by atoms with Crippen LogP contribution in [0.25, 0.3) is 22.0 Å². The van der Waals surface area contributed by atoms with Gasteiger partial charge in [-0.15, -0.1) is 0 Å². The predicted octanol–water partition coefficient (Wildman–Crippen LogP) is 6.15. The number of pyridine rings is 1. The summed E-state index contributed by atoms with van der Waals surface area (Å²) in [6.07, 6.45) is 10.1. The third-order valence-electron chi connectivity index (χ3n) is 8.00. The summed E-state index contributed by atoms with van der Waals surface area (Å²) in [5.41, 5.74) is 7.08. The van der Waals surface area contributed by atoms with Crippen LogP contribution in [0.15, 0.2) is 54.9 Å². The fourth-order valence-corrected chi connectivity index (χ4v) is 5.77. The number of benzene rings is 2. The fourth-order valence-electron chi connectivity index (χ4n) is 5.77. The lowest BCUT2D eigenvalue weighted by atomic mass is 9.63. The molecule has 1 aliphatic carbocycles. The van der Waals surface area contributed by atoms with E-state index in [4.69, 9.17) is 4.74 Å². The summed E-state index contributed by atoms with van der Waals surface area (Å²) >= 11 is 0. The number of aromatic nitrogens is 3. The zero-order chi connectivity index (χ0) is 23.8. The lowest BCUT2D eigenvalue weighted by Crippen LogP contribution is -2.43. The highest BCUT2D eigenvalue weighted by Crippen LogP contribution is 2.50. The molecule has 35 heavy (non-hydrogen) atoms. The smallest absolute Gasteiger partial charge is 0.130 e. The van der Waals surface area contributed by atoms with Crippen LogP contribution < -0.4 is 9.64 Å². The maximum absolute atomic E-state index is 10.4. The second kappa shape index (κ2) is 8.74. The van der Waals surface area contributed by atoms with Gasteiger partial charge in [-0.2, -0.15) is 10.4 Å². The van der Waals surface area contributed by atoms with Gasteiger partial charge < -0.3 is 9.64 Å². The number of H-pyrrole nitrogens is 1. The molecule has 1 saturated carbocycles. The van der Waals surface area contributed by atoms with E-state index in [1.165, 1.54) is 32.1 Å². The normalized spacial score (nSPS) is 16.7. The number of rotatable bonds is 5. The number of hydrogen-bond acceptors (Lipinski definition) is 5. The molecule has 1 saturated heterocycles. The summed E-state index contributed by atoms with van der Waals surface area (Å²) in [6, 6.07) is 16.6. The summed E-state index contributed by atoms with van der Waals surface area (Å²) in [7, 11) is 0. The molecule has 0 radical (unpaired) electrons. The minimum absolute atomic E-state index is 0.379. The van der Waals surface area contributed by atoms with Crippen LogP contribution in [-0.2, 0) is 6.61 Å². The van der Waals surface area contributed by atoms with Gasteiger partial charge >= 0.3 is 0 Å². The molecule has 6 nitrogen and oxygen atoms in total. The van der Waals surface area contributed by atoms with E-state index in [1.807, 2.05) is 36.5 Å². The first-order valence-corrected chi connectivity index (χ1v) is 12.4. The van der Waals surface area contributed by atoms with Crippen molar-refractivity contribution in [2.75, 3.05) is 18.0 Å². The van der Waals surface area contributed by atoms with Crippen LogP contribution in [0.2, 0.25) is 0 Å². The molecule has 176 valence electrons. The van der Waals surface area contributed by atoms with E-state index in [9.17, 15) is 5.26 Å². The van der Waals surface area contributed by atoms with E-state index in [0.717, 1.165) is 57.8 Å². The molecule has 0 bridgehead atoms. The largest absolute Gasteiger partial charge is 0.487 e. The Morgan fingerprint density at radius 3 is 2.69 bits per heavy atom. The van der Waals surface area contributed by atoms with Crippen molar-refractivity contribution >= 4 is 16.6 Å². The summed E-state index contributed by atoms with van der Waals surface area (Å²) in [5.74, 6) is 0.753. The third-order valence-corrected chi connectivity index (χ3v) is 8.00. The van der Waals surface area contributed by atoms with E-state index in [1.54, 1.807) is 6.20 Å². The van der Waals surface area contributed by atoms with Crippen LogP contribution in [0.4, 0.5) is 5.69 Å². The van der Waals surface area contributed by atoms with E-state index >= 15 is 0 Å². The molecule has 2 aliphatic rings. The van der Waals surface area contributed by atoms with Crippen molar-refractivity contribution in [2.24, 2.45) is 5.41 Å². The number of aryl methyl sites for hydroxylation is 1. The minimum atomic E-state index is 0.379. The van der Waals surface area contributed by atoms with Crippen molar-refractivity contribution < 1.29 is 4.74 Å². The molecule has 2 aromatic carbocycles. The highest BCUT2D eigenvalue weighted by molar-refractivity contribution is 5.99. The van der Waals surface area contributed by atoms with Gasteiger partial charge in [0.2, 0.25) is 0 Å². The number of aromatic amines is 1. The number of nitrogens with zero attached hydrogens (tertiary/aromatic N) is 4. The SMILES string of the molecule is Cc1ccc2[nH]ncc2c1-c1cc(OCc2ccccn2)cc(N2CCC3(CCC3)CC2)c1C#N. The molecular weight excluding hydrogens is 434 g/mol. The highest BCUT2D eigenvalue weighted by Gasteiger charge is 2.40. The zero-order valence-electron chi connectivity index (χ0n) is 20.1. The van der Waals surface area contributed by atoms with E-state index in [0.29, 0.717) is 17.6 Å². The topological polar surface area (TPSA) is 77.8 Å². The average Bonchev–Trinajstić information content (AvgIpc) is 3.35. The number of piperidine rings is 1. The standard InChI is InChI=1S/C29H29N5O/c1-20-6-7-26-25(18-32-33-26)28(20)23-15-22(35-19-21-5-2-3-12-31-21)16-27(24(23)17-30)34-13-10-29(11-14-34)8-4-9-29/h2-3,5-7,12,15-16,18H,4,8-11,13-14,19H2,1H3,(H,32,33). The molecule has 6 rings (SSSR count). The molecule has 1 spiro atoms. The van der Waals surface area contributed by atoms with Crippen LogP contribution >= 0.6 is 0 Å². The quantitative estimate of drug-likeness (QED) is 0.384. The van der Waals surface area contributed by atoms with E-state index in [-0.39, 0.29) is 0 Å². The Balaban J connectivity index is 1.45. The van der Waals surface area contributed by atoms with Crippen molar-refractivity contribution in [1.29, 1.82) is 5.26 Å². The van der Waals surface area contributed by atoms with E-state index in [2.05, 4.69) is 45.2 Å². The summed E-state index contributed by atoms with van der Waals surface area (Å²) in [4.78, 5) is 6.79. The lowest BCUT2D eigenvalue weighted by molar-refractivity contribution is 0.0955. The number of fused-ring (bicyclic) bond motifs is 1. The molecule has 1 aliphatic heterocycles. The minimum Gasteiger partial charge on any atom is -0.487 e. The van der Waals surface area contributed by atoms with Gasteiger partial charge in [0.1, 0.15) is 18.4 Å². The first-order chi connectivity index (χ1) is 17.2. The summed E-state index contributed by atoms with van der Waals surface area (Å²) in [5, 5.41) is 18.8. The highest BCUT2D eigenvalue weighted by atomic mass is 16.5. The summed E-state index contributed by atoms with van der Waals surface area (Å²) < 4.78 is 6.27.